The van der Waals surface area contributed by atoms with Gasteiger partial charge >= 0.3 is 6.03 Å². The molecule has 2 rings (SSSR count). The van der Waals surface area contributed by atoms with Crippen molar-refractivity contribution >= 4 is 35.1 Å². The van der Waals surface area contributed by atoms with Gasteiger partial charge in [-0.15, -0.1) is 0 Å². The number of benzene rings is 1. The van der Waals surface area contributed by atoms with Gasteiger partial charge in [0.05, 0.1) is 0 Å². The summed E-state index contributed by atoms with van der Waals surface area (Å²) in [5.41, 5.74) is 1.40. The van der Waals surface area contributed by atoms with E-state index < -0.39 is 29.7 Å². The Morgan fingerprint density at radius 1 is 1.00 bits per heavy atom. The lowest BCUT2D eigenvalue weighted by Gasteiger charge is -2.32. The first-order valence-corrected chi connectivity index (χ1v) is 6.91. The summed E-state index contributed by atoms with van der Waals surface area (Å²) < 4.78 is 0. The Labute approximate surface area is 133 Å². The van der Waals surface area contributed by atoms with E-state index in [-0.39, 0.29) is 0 Å². The zero-order valence-corrected chi connectivity index (χ0v) is 13.4. The average Bonchev–Trinajstić information content (AvgIpc) is 2.51. The van der Waals surface area contributed by atoms with Crippen molar-refractivity contribution in [1.29, 1.82) is 0 Å². The van der Waals surface area contributed by atoms with Gasteiger partial charge in [-0.3, -0.25) is 24.2 Å². The van der Waals surface area contributed by atoms with Crippen LogP contribution in [0.25, 0.3) is 0 Å². The van der Waals surface area contributed by atoms with Gasteiger partial charge in [0.25, 0.3) is 11.8 Å². The zero-order chi connectivity index (χ0) is 17.3. The molecule has 0 saturated carbocycles. The number of urea groups is 1. The maximum atomic E-state index is 12.3. The number of hydrogen-bond acceptors (Lipinski definition) is 5. The summed E-state index contributed by atoms with van der Waals surface area (Å²) >= 11 is 0. The second-order valence-electron chi connectivity index (χ2n) is 5.44. The second-order valence-corrected chi connectivity index (χ2v) is 5.44. The molecule has 8 heteroatoms. The predicted octanol–water partition coefficient (Wildman–Crippen LogP) is 0.358. The van der Waals surface area contributed by atoms with E-state index in [0.717, 1.165) is 15.5 Å². The fraction of sp³-hybridized carbons (Fsp3) is 0.333. The van der Waals surface area contributed by atoms with Gasteiger partial charge in [-0.05, 0) is 24.3 Å². The Balaban J connectivity index is 2.17. The Bertz CT molecular complexity index is 645. The van der Waals surface area contributed by atoms with Crippen LogP contribution in [0.15, 0.2) is 24.3 Å². The normalized spacial score (nSPS) is 15.9. The van der Waals surface area contributed by atoms with Crippen molar-refractivity contribution in [3.05, 3.63) is 24.3 Å². The summed E-state index contributed by atoms with van der Waals surface area (Å²) in [5.74, 6) is -3.99. The van der Waals surface area contributed by atoms with Crippen molar-refractivity contribution in [2.75, 3.05) is 38.4 Å². The van der Waals surface area contributed by atoms with Gasteiger partial charge < -0.3 is 10.2 Å². The molecule has 0 aliphatic carbocycles. The molecule has 23 heavy (non-hydrogen) atoms. The lowest BCUT2D eigenvalue weighted by molar-refractivity contribution is -0.151. The SMILES string of the molecule is CN1C(=O)C(C(=O)Nc2ccc(N(C)C)cc2)C(=O)N(C)C1=O. The molecule has 0 unspecified atom stereocenters. The van der Waals surface area contributed by atoms with Gasteiger partial charge in [0.2, 0.25) is 5.91 Å². The Morgan fingerprint density at radius 3 is 1.91 bits per heavy atom. The number of carbonyl (C=O) groups is 4. The first kappa shape index (κ1) is 16.5. The van der Waals surface area contributed by atoms with E-state index in [9.17, 15) is 19.2 Å². The lowest BCUT2D eigenvalue weighted by Crippen LogP contribution is -2.59. The van der Waals surface area contributed by atoms with E-state index in [1.54, 1.807) is 24.3 Å². The van der Waals surface area contributed by atoms with E-state index in [2.05, 4.69) is 5.32 Å². The third kappa shape index (κ3) is 3.01. The molecule has 1 aromatic carbocycles. The van der Waals surface area contributed by atoms with Crippen LogP contribution in [0.5, 0.6) is 0 Å². The predicted molar refractivity (Wildman–Crippen MR) is 83.8 cm³/mol. The van der Waals surface area contributed by atoms with Gasteiger partial charge in [-0.1, -0.05) is 0 Å². The van der Waals surface area contributed by atoms with Crippen molar-refractivity contribution in [3.63, 3.8) is 0 Å². The van der Waals surface area contributed by atoms with E-state index in [1.165, 1.54) is 14.1 Å². The van der Waals surface area contributed by atoms with Crippen molar-refractivity contribution in [1.82, 2.24) is 9.80 Å². The molecule has 1 fully saturated rings. The molecular formula is C15H18N4O4. The highest BCUT2D eigenvalue weighted by atomic mass is 16.2. The number of nitrogens with zero attached hydrogens (tertiary/aromatic N) is 3. The molecule has 1 aromatic rings. The Morgan fingerprint density at radius 2 is 1.48 bits per heavy atom. The molecule has 1 heterocycles. The number of anilines is 2. The topological polar surface area (TPSA) is 90.0 Å². The quantitative estimate of drug-likeness (QED) is 0.813. The minimum atomic E-state index is -1.56. The van der Waals surface area contributed by atoms with Crippen LogP contribution in [0.4, 0.5) is 16.2 Å². The first-order chi connectivity index (χ1) is 10.7. The molecule has 5 amide bonds. The van der Waals surface area contributed by atoms with Crippen LogP contribution in [0, 0.1) is 5.92 Å². The number of rotatable bonds is 3. The van der Waals surface area contributed by atoms with Crippen LogP contribution < -0.4 is 10.2 Å². The molecule has 8 nitrogen and oxygen atoms in total. The average molecular weight is 318 g/mol. The van der Waals surface area contributed by atoms with Gasteiger partial charge in [-0.25, -0.2) is 4.79 Å². The molecule has 0 radical (unpaired) electrons. The fourth-order valence-corrected chi connectivity index (χ4v) is 2.19. The van der Waals surface area contributed by atoms with Gasteiger partial charge in [0, 0.05) is 39.6 Å². The number of amides is 5. The van der Waals surface area contributed by atoms with Crippen molar-refractivity contribution in [2.24, 2.45) is 5.92 Å². The smallest absolute Gasteiger partial charge is 0.332 e. The number of nitrogens with one attached hydrogen (secondary N) is 1. The van der Waals surface area contributed by atoms with Crippen LogP contribution in [0.2, 0.25) is 0 Å². The third-order valence-electron chi connectivity index (χ3n) is 3.64. The fourth-order valence-electron chi connectivity index (χ4n) is 2.19. The van der Waals surface area contributed by atoms with E-state index in [4.69, 9.17) is 0 Å². The molecule has 1 N–H and O–H groups in total. The minimum absolute atomic E-state index is 0.461. The van der Waals surface area contributed by atoms with Crippen molar-refractivity contribution in [3.8, 4) is 0 Å². The number of barbiturate groups is 1. The molecule has 0 bridgehead atoms. The molecule has 0 aromatic heterocycles. The van der Waals surface area contributed by atoms with Gasteiger partial charge in [-0.2, -0.15) is 0 Å². The van der Waals surface area contributed by atoms with E-state index >= 15 is 0 Å². The Kier molecular flexibility index (Phi) is 4.35. The summed E-state index contributed by atoms with van der Waals surface area (Å²) in [6.07, 6.45) is 0. The number of imide groups is 2. The highest BCUT2D eigenvalue weighted by Gasteiger charge is 2.46. The maximum absolute atomic E-state index is 12.3. The second kappa shape index (κ2) is 6.07. The summed E-state index contributed by atoms with van der Waals surface area (Å²) in [6, 6.07) is 6.18. The van der Waals surface area contributed by atoms with Gasteiger partial charge in [0.1, 0.15) is 0 Å². The maximum Gasteiger partial charge on any atom is 0.332 e. The van der Waals surface area contributed by atoms with Crippen LogP contribution in [-0.4, -0.2) is 61.7 Å². The standard InChI is InChI=1S/C15H18N4O4/c1-17(2)10-7-5-9(6-8-10)16-12(20)11-13(21)18(3)15(23)19(4)14(11)22/h5-8,11H,1-4H3,(H,16,20). The zero-order valence-electron chi connectivity index (χ0n) is 13.4. The van der Waals surface area contributed by atoms with Crippen molar-refractivity contribution < 1.29 is 19.2 Å². The number of carbonyl (C=O) groups excluding carboxylic acids is 4. The van der Waals surface area contributed by atoms with Gasteiger partial charge in [0.15, 0.2) is 5.92 Å². The van der Waals surface area contributed by atoms with Crippen LogP contribution >= 0.6 is 0 Å². The first-order valence-electron chi connectivity index (χ1n) is 6.91. The molecule has 1 aliphatic heterocycles. The van der Waals surface area contributed by atoms with Crippen molar-refractivity contribution in [2.45, 2.75) is 0 Å². The monoisotopic (exact) mass is 318 g/mol. The van der Waals surface area contributed by atoms with Crippen LogP contribution in [0.1, 0.15) is 0 Å². The third-order valence-corrected chi connectivity index (χ3v) is 3.64. The Hall–Kier alpha value is -2.90. The molecule has 1 aliphatic rings. The molecule has 122 valence electrons. The van der Waals surface area contributed by atoms with Crippen LogP contribution in [0.3, 0.4) is 0 Å². The molecule has 1 saturated heterocycles. The van der Waals surface area contributed by atoms with E-state index in [0.29, 0.717) is 5.69 Å². The molecular weight excluding hydrogens is 300 g/mol. The summed E-state index contributed by atoms with van der Waals surface area (Å²) in [7, 11) is 6.24. The highest BCUT2D eigenvalue weighted by molar-refractivity contribution is 6.27. The molecule has 0 spiro atoms. The highest BCUT2D eigenvalue weighted by Crippen LogP contribution is 2.19. The van der Waals surface area contributed by atoms with E-state index in [1.807, 2.05) is 19.0 Å². The summed E-state index contributed by atoms with van der Waals surface area (Å²) in [6.45, 7) is 0. The molecule has 0 atom stereocenters. The summed E-state index contributed by atoms with van der Waals surface area (Å²) in [5, 5.41) is 2.53. The minimum Gasteiger partial charge on any atom is -0.378 e. The van der Waals surface area contributed by atoms with Crippen LogP contribution in [-0.2, 0) is 14.4 Å². The summed E-state index contributed by atoms with van der Waals surface area (Å²) in [4.78, 5) is 51.5. The largest absolute Gasteiger partial charge is 0.378 e. The number of hydrogen-bond donors (Lipinski definition) is 1. The lowest BCUT2D eigenvalue weighted by atomic mass is 10.0.